The minimum absolute atomic E-state index is 0.602. The summed E-state index contributed by atoms with van der Waals surface area (Å²) in [7, 11) is 0. The van der Waals surface area contributed by atoms with Crippen molar-refractivity contribution < 1.29 is 9.47 Å². The highest BCUT2D eigenvalue weighted by atomic mass is 32.1. The standard InChI is InChI=1S/C11H19N3O2S/c1-2-12-7-10-13-14-11(17-10)16-8-9-3-5-15-6-4-9/h9,12H,2-8H2,1H3. The first-order chi connectivity index (χ1) is 8.38. The molecule has 0 amide bonds. The maximum absolute atomic E-state index is 5.67. The smallest absolute Gasteiger partial charge is 0.294 e. The maximum atomic E-state index is 5.67. The van der Waals surface area contributed by atoms with Crippen LogP contribution in [0.2, 0.25) is 0 Å². The third-order valence-electron chi connectivity index (χ3n) is 2.76. The van der Waals surface area contributed by atoms with E-state index < -0.39 is 0 Å². The Morgan fingerprint density at radius 1 is 1.41 bits per heavy atom. The Hall–Kier alpha value is -0.720. The van der Waals surface area contributed by atoms with E-state index in [9.17, 15) is 0 Å². The Labute approximate surface area is 106 Å². The fourth-order valence-electron chi connectivity index (χ4n) is 1.70. The Morgan fingerprint density at radius 3 is 3.00 bits per heavy atom. The van der Waals surface area contributed by atoms with E-state index in [2.05, 4.69) is 22.4 Å². The van der Waals surface area contributed by atoms with Gasteiger partial charge in [-0.15, -0.1) is 10.2 Å². The van der Waals surface area contributed by atoms with Gasteiger partial charge in [0.1, 0.15) is 5.01 Å². The molecule has 1 N–H and O–H groups in total. The van der Waals surface area contributed by atoms with Gasteiger partial charge in [0.2, 0.25) is 0 Å². The Balaban J connectivity index is 1.72. The zero-order valence-corrected chi connectivity index (χ0v) is 11.0. The zero-order chi connectivity index (χ0) is 11.9. The Bertz CT molecular complexity index is 326. The molecule has 1 aromatic heterocycles. The molecular weight excluding hydrogens is 238 g/mol. The molecule has 0 radical (unpaired) electrons. The van der Waals surface area contributed by atoms with E-state index in [-0.39, 0.29) is 0 Å². The first-order valence-corrected chi connectivity index (χ1v) is 6.93. The van der Waals surface area contributed by atoms with Gasteiger partial charge in [-0.25, -0.2) is 0 Å². The van der Waals surface area contributed by atoms with Crippen LogP contribution in [0.15, 0.2) is 0 Å². The minimum Gasteiger partial charge on any atom is -0.469 e. The number of nitrogens with one attached hydrogen (secondary N) is 1. The lowest BCUT2D eigenvalue weighted by atomic mass is 10.0. The first-order valence-electron chi connectivity index (χ1n) is 6.12. The van der Waals surface area contributed by atoms with Crippen LogP contribution in [0.1, 0.15) is 24.8 Å². The van der Waals surface area contributed by atoms with E-state index in [1.165, 1.54) is 11.3 Å². The third kappa shape index (κ3) is 4.22. The Kier molecular flexibility index (Phi) is 5.15. The van der Waals surface area contributed by atoms with Crippen LogP contribution in [-0.4, -0.2) is 36.6 Å². The SMILES string of the molecule is CCNCc1nnc(OCC2CCOCC2)s1. The molecule has 6 heteroatoms. The topological polar surface area (TPSA) is 56.3 Å². The molecule has 0 bridgehead atoms. The number of nitrogens with zero attached hydrogens (tertiary/aromatic N) is 2. The number of hydrogen-bond donors (Lipinski definition) is 1. The fourth-order valence-corrected chi connectivity index (χ4v) is 2.37. The second kappa shape index (κ2) is 6.88. The van der Waals surface area contributed by atoms with E-state index >= 15 is 0 Å². The summed E-state index contributed by atoms with van der Waals surface area (Å²) in [6.45, 7) is 6.24. The minimum atomic E-state index is 0.602. The van der Waals surface area contributed by atoms with Crippen LogP contribution < -0.4 is 10.1 Å². The lowest BCUT2D eigenvalue weighted by Gasteiger charge is -2.21. The summed E-state index contributed by atoms with van der Waals surface area (Å²) in [6.07, 6.45) is 2.17. The van der Waals surface area contributed by atoms with Gasteiger partial charge in [-0.2, -0.15) is 0 Å². The molecule has 5 nitrogen and oxygen atoms in total. The van der Waals surface area contributed by atoms with Gasteiger partial charge >= 0.3 is 0 Å². The molecule has 17 heavy (non-hydrogen) atoms. The molecule has 1 saturated heterocycles. The van der Waals surface area contributed by atoms with Crippen LogP contribution in [-0.2, 0) is 11.3 Å². The summed E-state index contributed by atoms with van der Waals surface area (Å²) in [6, 6.07) is 0. The number of ether oxygens (including phenoxy) is 2. The van der Waals surface area contributed by atoms with Gasteiger partial charge in [-0.3, -0.25) is 0 Å². The second-order valence-corrected chi connectivity index (χ2v) is 5.13. The average molecular weight is 257 g/mol. The second-order valence-electron chi connectivity index (χ2n) is 4.11. The van der Waals surface area contributed by atoms with Crippen LogP contribution in [0, 0.1) is 5.92 Å². The van der Waals surface area contributed by atoms with Crippen molar-refractivity contribution in [3.05, 3.63) is 5.01 Å². The molecule has 0 unspecified atom stereocenters. The van der Waals surface area contributed by atoms with Crippen LogP contribution >= 0.6 is 11.3 Å². The van der Waals surface area contributed by atoms with Crippen molar-refractivity contribution in [2.75, 3.05) is 26.4 Å². The fraction of sp³-hybridized carbons (Fsp3) is 0.818. The first kappa shape index (κ1) is 12.7. The summed E-state index contributed by atoms with van der Waals surface area (Å²) >= 11 is 1.52. The van der Waals surface area contributed by atoms with Crippen molar-refractivity contribution >= 4 is 11.3 Å². The molecule has 0 atom stereocenters. The van der Waals surface area contributed by atoms with Crippen molar-refractivity contribution in [3.8, 4) is 5.19 Å². The lowest BCUT2D eigenvalue weighted by Crippen LogP contribution is -2.21. The van der Waals surface area contributed by atoms with E-state index in [0.717, 1.165) is 50.8 Å². The van der Waals surface area contributed by atoms with Gasteiger partial charge in [0, 0.05) is 19.8 Å². The molecule has 0 saturated carbocycles. The highest BCUT2D eigenvalue weighted by molar-refractivity contribution is 7.13. The number of hydrogen-bond acceptors (Lipinski definition) is 6. The van der Waals surface area contributed by atoms with Crippen molar-refractivity contribution in [2.45, 2.75) is 26.3 Å². The van der Waals surface area contributed by atoms with Crippen LogP contribution in [0.5, 0.6) is 5.19 Å². The molecular formula is C11H19N3O2S. The molecule has 96 valence electrons. The normalized spacial score (nSPS) is 17.2. The molecule has 1 fully saturated rings. The molecule has 2 rings (SSSR count). The van der Waals surface area contributed by atoms with Gasteiger partial charge in [0.15, 0.2) is 0 Å². The zero-order valence-electron chi connectivity index (χ0n) is 10.1. The quantitative estimate of drug-likeness (QED) is 0.836. The van der Waals surface area contributed by atoms with Gasteiger partial charge < -0.3 is 14.8 Å². The van der Waals surface area contributed by atoms with Gasteiger partial charge in [-0.1, -0.05) is 18.3 Å². The predicted molar refractivity (Wildman–Crippen MR) is 66.3 cm³/mol. The molecule has 1 aromatic rings. The van der Waals surface area contributed by atoms with Crippen molar-refractivity contribution in [1.29, 1.82) is 0 Å². The third-order valence-corrected chi connectivity index (χ3v) is 3.59. The van der Waals surface area contributed by atoms with E-state index in [0.29, 0.717) is 11.1 Å². The number of aromatic nitrogens is 2. The van der Waals surface area contributed by atoms with E-state index in [1.807, 2.05) is 0 Å². The van der Waals surface area contributed by atoms with Crippen molar-refractivity contribution in [1.82, 2.24) is 15.5 Å². The molecule has 2 heterocycles. The molecule has 0 aliphatic carbocycles. The monoisotopic (exact) mass is 257 g/mol. The van der Waals surface area contributed by atoms with E-state index in [1.54, 1.807) is 0 Å². The summed E-state index contributed by atoms with van der Waals surface area (Å²) in [5.41, 5.74) is 0. The van der Waals surface area contributed by atoms with Crippen LogP contribution in [0.25, 0.3) is 0 Å². The maximum Gasteiger partial charge on any atom is 0.294 e. The summed E-state index contributed by atoms with van der Waals surface area (Å²) < 4.78 is 11.0. The van der Waals surface area contributed by atoms with Crippen LogP contribution in [0.3, 0.4) is 0 Å². The van der Waals surface area contributed by atoms with Gasteiger partial charge in [0.05, 0.1) is 6.61 Å². The molecule has 0 aromatic carbocycles. The lowest BCUT2D eigenvalue weighted by molar-refractivity contribution is 0.0496. The summed E-state index contributed by atoms with van der Waals surface area (Å²) in [5.74, 6) is 0.602. The number of rotatable bonds is 6. The Morgan fingerprint density at radius 2 is 2.24 bits per heavy atom. The van der Waals surface area contributed by atoms with Crippen LogP contribution in [0.4, 0.5) is 0 Å². The molecule has 1 aliphatic rings. The molecule has 0 spiro atoms. The largest absolute Gasteiger partial charge is 0.469 e. The average Bonchev–Trinajstić information content (AvgIpc) is 2.83. The van der Waals surface area contributed by atoms with Gasteiger partial charge in [0.25, 0.3) is 5.19 Å². The van der Waals surface area contributed by atoms with Crippen molar-refractivity contribution in [2.24, 2.45) is 5.92 Å². The van der Waals surface area contributed by atoms with Crippen molar-refractivity contribution in [3.63, 3.8) is 0 Å². The summed E-state index contributed by atoms with van der Waals surface area (Å²) in [4.78, 5) is 0. The van der Waals surface area contributed by atoms with E-state index in [4.69, 9.17) is 9.47 Å². The predicted octanol–water partition coefficient (Wildman–Crippen LogP) is 1.45. The van der Waals surface area contributed by atoms with Gasteiger partial charge in [-0.05, 0) is 25.3 Å². The summed E-state index contributed by atoms with van der Waals surface area (Å²) in [5, 5.41) is 13.0. The highest BCUT2D eigenvalue weighted by Crippen LogP contribution is 2.21. The highest BCUT2D eigenvalue weighted by Gasteiger charge is 2.15. The molecule has 1 aliphatic heterocycles.